The van der Waals surface area contributed by atoms with Gasteiger partial charge in [-0.3, -0.25) is 4.79 Å². The van der Waals surface area contributed by atoms with Crippen LogP contribution in [-0.2, 0) is 0 Å². The minimum atomic E-state index is -0.444. The Bertz CT molecular complexity index is 710. The lowest BCUT2D eigenvalue weighted by Crippen LogP contribution is -2.16. The number of rotatable bonds is 5. The Hall–Kier alpha value is -2.47. The van der Waals surface area contributed by atoms with Crippen LogP contribution < -0.4 is 14.9 Å². The summed E-state index contributed by atoms with van der Waals surface area (Å²) in [5, 5.41) is 4.27. The number of methoxy groups -OCH3 is 2. The highest BCUT2D eigenvalue weighted by Gasteiger charge is 2.10. The van der Waals surface area contributed by atoms with E-state index in [1.807, 2.05) is 0 Å². The molecule has 1 amide bonds. The first-order valence-electron chi connectivity index (χ1n) is 6.36. The van der Waals surface area contributed by atoms with Crippen LogP contribution in [0.25, 0.3) is 0 Å². The number of ether oxygens (including phenoxy) is 2. The summed E-state index contributed by atoms with van der Waals surface area (Å²) in [7, 11) is 3.04. The van der Waals surface area contributed by atoms with E-state index in [0.717, 1.165) is 0 Å². The van der Waals surface area contributed by atoms with E-state index in [4.69, 9.17) is 25.5 Å². The number of hydrogen-bond donors (Lipinski definition) is 1. The Balaban J connectivity index is 2.11. The van der Waals surface area contributed by atoms with Gasteiger partial charge >= 0.3 is 5.91 Å². The van der Waals surface area contributed by atoms with Gasteiger partial charge in [-0.1, -0.05) is 11.6 Å². The van der Waals surface area contributed by atoms with Gasteiger partial charge in [0, 0.05) is 11.6 Å². The zero-order valence-electron chi connectivity index (χ0n) is 12.3. The van der Waals surface area contributed by atoms with E-state index in [1.165, 1.54) is 20.4 Å². The van der Waals surface area contributed by atoms with Crippen LogP contribution in [0.1, 0.15) is 21.9 Å². The van der Waals surface area contributed by atoms with E-state index in [0.29, 0.717) is 27.8 Å². The molecule has 0 aliphatic rings. The molecule has 22 heavy (non-hydrogen) atoms. The number of aryl methyl sites for hydroxylation is 1. The molecule has 1 aromatic carbocycles. The largest absolute Gasteiger partial charge is 0.493 e. The number of benzene rings is 1. The van der Waals surface area contributed by atoms with Gasteiger partial charge in [-0.15, -0.1) is 0 Å². The van der Waals surface area contributed by atoms with Gasteiger partial charge in [0.15, 0.2) is 17.3 Å². The van der Waals surface area contributed by atoms with Crippen LogP contribution >= 0.6 is 11.6 Å². The molecule has 0 saturated carbocycles. The summed E-state index contributed by atoms with van der Waals surface area (Å²) in [4.78, 5) is 11.8. The molecule has 0 bridgehead atoms. The maximum atomic E-state index is 11.8. The Labute approximate surface area is 132 Å². The van der Waals surface area contributed by atoms with Crippen LogP contribution in [-0.4, -0.2) is 26.3 Å². The maximum Gasteiger partial charge on any atom is 0.307 e. The number of carbonyl (C=O) groups excluding carboxylic acids is 1. The molecule has 1 N–H and O–H groups in total. The molecule has 2 aromatic rings. The van der Waals surface area contributed by atoms with Crippen molar-refractivity contribution in [2.75, 3.05) is 14.2 Å². The number of hydrogen-bond acceptors (Lipinski definition) is 5. The molecule has 0 spiro atoms. The summed E-state index contributed by atoms with van der Waals surface area (Å²) in [5.41, 5.74) is 2.94. The minimum absolute atomic E-state index is 0.188. The van der Waals surface area contributed by atoms with Crippen molar-refractivity contribution in [3.8, 4) is 11.5 Å². The molecule has 0 fully saturated rings. The van der Waals surface area contributed by atoms with Gasteiger partial charge in [0.1, 0.15) is 5.76 Å². The predicted molar refractivity (Wildman–Crippen MR) is 83.1 cm³/mol. The summed E-state index contributed by atoms with van der Waals surface area (Å²) in [6.45, 7) is 1.75. The third-order valence-corrected chi connectivity index (χ3v) is 3.16. The third kappa shape index (κ3) is 3.59. The molecule has 0 saturated heterocycles. The topological polar surface area (TPSA) is 73.1 Å². The quantitative estimate of drug-likeness (QED) is 0.678. The molecule has 0 unspecified atom stereocenters. The highest BCUT2D eigenvalue weighted by molar-refractivity contribution is 6.33. The second-order valence-electron chi connectivity index (χ2n) is 4.34. The van der Waals surface area contributed by atoms with Gasteiger partial charge in [-0.25, -0.2) is 5.43 Å². The second kappa shape index (κ2) is 7.00. The smallest absolute Gasteiger partial charge is 0.307 e. The van der Waals surface area contributed by atoms with Crippen LogP contribution in [0.5, 0.6) is 11.5 Å². The second-order valence-corrected chi connectivity index (χ2v) is 4.75. The van der Waals surface area contributed by atoms with E-state index in [2.05, 4.69) is 10.5 Å². The number of hydrazone groups is 1. The number of halogens is 1. The molecule has 7 heteroatoms. The van der Waals surface area contributed by atoms with E-state index in [9.17, 15) is 4.79 Å². The van der Waals surface area contributed by atoms with Crippen LogP contribution in [0.15, 0.2) is 33.8 Å². The number of furan rings is 1. The molecule has 1 aromatic heterocycles. The Morgan fingerprint density at radius 2 is 1.95 bits per heavy atom. The summed E-state index contributed by atoms with van der Waals surface area (Å²) in [6.07, 6.45) is 1.41. The molecular weight excluding hydrogens is 308 g/mol. The average molecular weight is 323 g/mol. The van der Waals surface area contributed by atoms with E-state index in [-0.39, 0.29) is 5.76 Å². The third-order valence-electron chi connectivity index (χ3n) is 2.84. The standard InChI is InChI=1S/C15H15ClN2O4/c1-9-4-5-12(22-9)15(19)18-17-8-10-6-13(20-2)14(21-3)7-11(10)16/h4-8H,1-3H3,(H,18,19)/b17-8-. The molecule has 0 radical (unpaired) electrons. The summed E-state index contributed by atoms with van der Waals surface area (Å²) in [5.74, 6) is 1.42. The fraction of sp³-hybridized carbons (Fsp3) is 0.200. The van der Waals surface area contributed by atoms with Crippen molar-refractivity contribution < 1.29 is 18.7 Å². The van der Waals surface area contributed by atoms with E-state index >= 15 is 0 Å². The van der Waals surface area contributed by atoms with Gasteiger partial charge < -0.3 is 13.9 Å². The monoisotopic (exact) mass is 322 g/mol. The number of amides is 1. The zero-order chi connectivity index (χ0) is 16.1. The SMILES string of the molecule is COc1cc(Cl)c(/C=N\NC(=O)c2ccc(C)o2)cc1OC. The summed E-state index contributed by atoms with van der Waals surface area (Å²) < 4.78 is 15.5. The Kier molecular flexibility index (Phi) is 5.06. The van der Waals surface area contributed by atoms with Crippen molar-refractivity contribution in [3.63, 3.8) is 0 Å². The number of nitrogens with zero attached hydrogens (tertiary/aromatic N) is 1. The van der Waals surface area contributed by atoms with Gasteiger partial charge in [-0.05, 0) is 25.1 Å². The lowest BCUT2D eigenvalue weighted by molar-refractivity contribution is 0.0926. The van der Waals surface area contributed by atoms with Crippen LogP contribution in [0.3, 0.4) is 0 Å². The minimum Gasteiger partial charge on any atom is -0.493 e. The zero-order valence-corrected chi connectivity index (χ0v) is 13.1. The predicted octanol–water partition coefficient (Wildman–Crippen LogP) is 3.02. The Morgan fingerprint density at radius 3 is 2.55 bits per heavy atom. The van der Waals surface area contributed by atoms with Gasteiger partial charge in [0.25, 0.3) is 0 Å². The van der Waals surface area contributed by atoms with Crippen LogP contribution in [0.2, 0.25) is 5.02 Å². The maximum absolute atomic E-state index is 11.8. The van der Waals surface area contributed by atoms with Crippen molar-refractivity contribution in [2.45, 2.75) is 6.92 Å². The highest BCUT2D eigenvalue weighted by atomic mass is 35.5. The van der Waals surface area contributed by atoms with E-state index in [1.54, 1.807) is 31.2 Å². The van der Waals surface area contributed by atoms with Gasteiger partial charge in [0.05, 0.1) is 25.5 Å². The fourth-order valence-electron chi connectivity index (χ4n) is 1.74. The normalized spacial score (nSPS) is 10.7. The molecule has 2 rings (SSSR count). The lowest BCUT2D eigenvalue weighted by Gasteiger charge is -2.09. The van der Waals surface area contributed by atoms with Crippen molar-refractivity contribution in [1.82, 2.24) is 5.43 Å². The molecule has 0 aliphatic heterocycles. The molecular formula is C15H15ClN2O4. The van der Waals surface area contributed by atoms with Crippen molar-refractivity contribution in [2.24, 2.45) is 5.10 Å². The summed E-state index contributed by atoms with van der Waals surface area (Å²) in [6, 6.07) is 6.54. The fourth-order valence-corrected chi connectivity index (χ4v) is 1.94. The molecule has 0 aliphatic carbocycles. The first kappa shape index (κ1) is 15.9. The van der Waals surface area contributed by atoms with E-state index < -0.39 is 5.91 Å². The van der Waals surface area contributed by atoms with Crippen molar-refractivity contribution >= 4 is 23.7 Å². The van der Waals surface area contributed by atoms with Crippen molar-refractivity contribution in [3.05, 3.63) is 46.4 Å². The first-order valence-corrected chi connectivity index (χ1v) is 6.74. The molecule has 116 valence electrons. The number of carbonyl (C=O) groups is 1. The van der Waals surface area contributed by atoms with Gasteiger partial charge in [-0.2, -0.15) is 5.10 Å². The van der Waals surface area contributed by atoms with Crippen molar-refractivity contribution in [1.29, 1.82) is 0 Å². The number of nitrogens with one attached hydrogen (secondary N) is 1. The van der Waals surface area contributed by atoms with Crippen LogP contribution in [0, 0.1) is 6.92 Å². The lowest BCUT2D eigenvalue weighted by atomic mass is 10.2. The van der Waals surface area contributed by atoms with Gasteiger partial charge in [0.2, 0.25) is 0 Å². The highest BCUT2D eigenvalue weighted by Crippen LogP contribution is 2.32. The Morgan fingerprint density at radius 1 is 1.27 bits per heavy atom. The molecule has 6 nitrogen and oxygen atoms in total. The first-order chi connectivity index (χ1) is 10.5. The van der Waals surface area contributed by atoms with Crippen LogP contribution in [0.4, 0.5) is 0 Å². The summed E-state index contributed by atoms with van der Waals surface area (Å²) >= 11 is 6.11. The average Bonchev–Trinajstić information content (AvgIpc) is 2.95. The molecule has 1 heterocycles. The molecule has 0 atom stereocenters.